The smallest absolute Gasteiger partial charge is 0.254 e. The van der Waals surface area contributed by atoms with E-state index in [4.69, 9.17) is 9.72 Å². The Kier molecular flexibility index (Phi) is 8.29. The summed E-state index contributed by atoms with van der Waals surface area (Å²) in [4.78, 5) is 22.2. The minimum atomic E-state index is -0.343. The lowest BCUT2D eigenvalue weighted by Gasteiger charge is -2.30. The van der Waals surface area contributed by atoms with Crippen molar-refractivity contribution in [3.8, 4) is 5.75 Å². The molecular formula is C27H32FN3O2S. The molecule has 7 heteroatoms. The fourth-order valence-corrected chi connectivity index (χ4v) is 4.87. The first kappa shape index (κ1) is 24.4. The van der Waals surface area contributed by atoms with Crippen LogP contribution in [0.25, 0.3) is 0 Å². The molecule has 180 valence electrons. The zero-order valence-corrected chi connectivity index (χ0v) is 20.7. The van der Waals surface area contributed by atoms with Crippen molar-refractivity contribution in [3.63, 3.8) is 0 Å². The van der Waals surface area contributed by atoms with Crippen LogP contribution in [-0.4, -0.2) is 46.9 Å². The monoisotopic (exact) mass is 481 g/mol. The number of likely N-dealkylation sites (tertiary alicyclic amines) is 1. The topological polar surface area (TPSA) is 45.7 Å². The highest BCUT2D eigenvalue weighted by atomic mass is 32.1. The van der Waals surface area contributed by atoms with Crippen LogP contribution in [0.1, 0.15) is 51.4 Å². The summed E-state index contributed by atoms with van der Waals surface area (Å²) in [6.45, 7) is 8.55. The molecule has 0 unspecified atom stereocenters. The van der Waals surface area contributed by atoms with E-state index in [-0.39, 0.29) is 11.7 Å². The van der Waals surface area contributed by atoms with E-state index in [1.807, 2.05) is 22.4 Å². The predicted octanol–water partition coefficient (Wildman–Crippen LogP) is 5.61. The van der Waals surface area contributed by atoms with Crippen LogP contribution >= 0.6 is 11.3 Å². The number of halogens is 1. The number of nitrogens with zero attached hydrogens (tertiary/aromatic N) is 3. The lowest BCUT2D eigenvalue weighted by molar-refractivity contribution is 0.0713. The van der Waals surface area contributed by atoms with Gasteiger partial charge in [-0.1, -0.05) is 18.6 Å². The molecule has 1 aliphatic rings. The Hall–Kier alpha value is -2.77. The number of aromatic nitrogens is 1. The van der Waals surface area contributed by atoms with Crippen molar-refractivity contribution in [2.24, 2.45) is 0 Å². The van der Waals surface area contributed by atoms with Gasteiger partial charge in [0.1, 0.15) is 23.2 Å². The van der Waals surface area contributed by atoms with E-state index in [9.17, 15) is 9.18 Å². The number of benzene rings is 2. The number of ether oxygens (including phenoxy) is 1. The van der Waals surface area contributed by atoms with Gasteiger partial charge in [0.25, 0.3) is 5.91 Å². The standard InChI is InChI=1S/C27H32FN3O2S/c1-20-7-6-8-25(21(20)2)33-18-26-29-24(19-34-26)17-31(16-15-30-13-4-3-5-14-30)27(32)22-9-11-23(28)12-10-22/h6-12,19H,3-5,13-18H2,1-2H3. The normalized spacial score (nSPS) is 14.2. The Balaban J connectivity index is 1.42. The zero-order valence-electron chi connectivity index (χ0n) is 19.9. The summed E-state index contributed by atoms with van der Waals surface area (Å²) in [5.74, 6) is 0.425. The number of carbonyl (C=O) groups excluding carboxylic acids is 1. The summed E-state index contributed by atoms with van der Waals surface area (Å²) < 4.78 is 19.4. The van der Waals surface area contributed by atoms with Gasteiger partial charge in [-0.15, -0.1) is 11.3 Å². The Morgan fingerprint density at radius 3 is 2.65 bits per heavy atom. The van der Waals surface area contributed by atoms with Gasteiger partial charge in [0, 0.05) is 24.0 Å². The minimum Gasteiger partial charge on any atom is -0.486 e. The highest BCUT2D eigenvalue weighted by Crippen LogP contribution is 2.23. The van der Waals surface area contributed by atoms with Crippen LogP contribution in [0.5, 0.6) is 5.75 Å². The maximum Gasteiger partial charge on any atom is 0.254 e. The lowest BCUT2D eigenvalue weighted by Crippen LogP contribution is -2.40. The maximum absolute atomic E-state index is 13.4. The van der Waals surface area contributed by atoms with Gasteiger partial charge in [0.2, 0.25) is 0 Å². The number of hydrogen-bond donors (Lipinski definition) is 0. The third-order valence-electron chi connectivity index (χ3n) is 6.37. The Bertz CT molecular complexity index is 1090. The third-order valence-corrected chi connectivity index (χ3v) is 7.24. The Morgan fingerprint density at radius 1 is 1.12 bits per heavy atom. The van der Waals surface area contributed by atoms with Crippen LogP contribution in [-0.2, 0) is 13.2 Å². The highest BCUT2D eigenvalue weighted by molar-refractivity contribution is 7.09. The molecule has 4 rings (SSSR count). The van der Waals surface area contributed by atoms with Gasteiger partial charge >= 0.3 is 0 Å². The zero-order chi connectivity index (χ0) is 23.9. The molecule has 1 saturated heterocycles. The molecule has 34 heavy (non-hydrogen) atoms. The molecule has 2 aromatic carbocycles. The first-order chi connectivity index (χ1) is 16.5. The van der Waals surface area contributed by atoms with Crippen molar-refractivity contribution in [1.29, 1.82) is 0 Å². The van der Waals surface area contributed by atoms with E-state index in [0.717, 1.165) is 41.6 Å². The summed E-state index contributed by atoms with van der Waals surface area (Å²) in [6.07, 6.45) is 3.70. The van der Waals surface area contributed by atoms with E-state index >= 15 is 0 Å². The van der Waals surface area contributed by atoms with Gasteiger partial charge in [0.15, 0.2) is 0 Å². The molecule has 3 aromatic rings. The molecule has 1 aliphatic heterocycles. The van der Waals surface area contributed by atoms with Crippen molar-refractivity contribution < 1.29 is 13.9 Å². The highest BCUT2D eigenvalue weighted by Gasteiger charge is 2.20. The largest absolute Gasteiger partial charge is 0.486 e. The number of aryl methyl sites for hydroxylation is 1. The molecule has 0 radical (unpaired) electrons. The van der Waals surface area contributed by atoms with Crippen molar-refractivity contribution in [2.45, 2.75) is 46.3 Å². The molecule has 0 N–H and O–H groups in total. The van der Waals surface area contributed by atoms with Crippen LogP contribution in [0.15, 0.2) is 47.8 Å². The number of rotatable bonds is 9. The summed E-state index contributed by atoms with van der Waals surface area (Å²) in [5.41, 5.74) is 3.67. The Labute approximate surface area is 205 Å². The molecule has 0 saturated carbocycles. The first-order valence-corrected chi connectivity index (χ1v) is 12.8. The summed E-state index contributed by atoms with van der Waals surface area (Å²) in [7, 11) is 0. The van der Waals surface area contributed by atoms with Crippen molar-refractivity contribution in [3.05, 3.63) is 81.1 Å². The van der Waals surface area contributed by atoms with E-state index in [1.165, 1.54) is 37.0 Å². The molecule has 0 bridgehead atoms. The summed E-state index contributed by atoms with van der Waals surface area (Å²) >= 11 is 1.54. The molecule has 0 spiro atoms. The second-order valence-corrected chi connectivity index (χ2v) is 9.80. The second kappa shape index (κ2) is 11.6. The SMILES string of the molecule is Cc1cccc(OCc2nc(CN(CCN3CCCCC3)C(=O)c3ccc(F)cc3)cs2)c1C. The average molecular weight is 482 g/mol. The average Bonchev–Trinajstić information content (AvgIpc) is 3.31. The maximum atomic E-state index is 13.4. The fraction of sp³-hybridized carbons (Fsp3) is 0.407. The van der Waals surface area contributed by atoms with E-state index in [2.05, 4.69) is 24.8 Å². The number of amides is 1. The second-order valence-electron chi connectivity index (χ2n) is 8.86. The molecule has 1 fully saturated rings. The predicted molar refractivity (Wildman–Crippen MR) is 134 cm³/mol. The molecule has 2 heterocycles. The van der Waals surface area contributed by atoms with Gasteiger partial charge < -0.3 is 14.5 Å². The van der Waals surface area contributed by atoms with Crippen LogP contribution in [0.3, 0.4) is 0 Å². The van der Waals surface area contributed by atoms with Crippen molar-refractivity contribution >= 4 is 17.2 Å². The van der Waals surface area contributed by atoms with Crippen LogP contribution in [0.4, 0.5) is 4.39 Å². The van der Waals surface area contributed by atoms with E-state index in [1.54, 1.807) is 23.5 Å². The molecule has 1 aromatic heterocycles. The molecular weight excluding hydrogens is 449 g/mol. The van der Waals surface area contributed by atoms with Crippen molar-refractivity contribution in [1.82, 2.24) is 14.8 Å². The summed E-state index contributed by atoms with van der Waals surface area (Å²) in [6, 6.07) is 11.8. The Morgan fingerprint density at radius 2 is 1.88 bits per heavy atom. The third kappa shape index (κ3) is 6.42. The van der Waals surface area contributed by atoms with Gasteiger partial charge in [-0.2, -0.15) is 0 Å². The van der Waals surface area contributed by atoms with Gasteiger partial charge in [0.05, 0.1) is 12.2 Å². The van der Waals surface area contributed by atoms with Crippen LogP contribution < -0.4 is 4.74 Å². The van der Waals surface area contributed by atoms with Gasteiger partial charge in [-0.25, -0.2) is 9.37 Å². The number of carbonyl (C=O) groups is 1. The molecule has 1 amide bonds. The number of hydrogen-bond acceptors (Lipinski definition) is 5. The number of thiazole rings is 1. The van der Waals surface area contributed by atoms with Crippen molar-refractivity contribution in [2.75, 3.05) is 26.2 Å². The molecule has 5 nitrogen and oxygen atoms in total. The number of piperidine rings is 1. The fourth-order valence-electron chi connectivity index (χ4n) is 4.18. The quantitative estimate of drug-likeness (QED) is 0.399. The van der Waals surface area contributed by atoms with E-state index in [0.29, 0.717) is 25.3 Å². The molecule has 0 aliphatic carbocycles. The summed E-state index contributed by atoms with van der Waals surface area (Å²) in [5, 5.41) is 2.87. The van der Waals surface area contributed by atoms with Gasteiger partial charge in [-0.05, 0) is 81.2 Å². The molecule has 0 atom stereocenters. The van der Waals surface area contributed by atoms with Gasteiger partial charge in [-0.3, -0.25) is 4.79 Å². The van der Waals surface area contributed by atoms with Crippen LogP contribution in [0, 0.1) is 19.7 Å². The minimum absolute atomic E-state index is 0.0989. The van der Waals surface area contributed by atoms with E-state index < -0.39 is 0 Å². The van der Waals surface area contributed by atoms with Crippen LogP contribution in [0.2, 0.25) is 0 Å². The lowest BCUT2D eigenvalue weighted by atomic mass is 10.1. The first-order valence-electron chi connectivity index (χ1n) is 11.9.